The van der Waals surface area contributed by atoms with E-state index in [0.29, 0.717) is 12.2 Å². The van der Waals surface area contributed by atoms with Gasteiger partial charge in [0.1, 0.15) is 5.54 Å². The number of carbonyl (C=O) groups is 1. The van der Waals surface area contributed by atoms with Crippen molar-refractivity contribution >= 4 is 17.7 Å². The van der Waals surface area contributed by atoms with Crippen molar-refractivity contribution in [2.24, 2.45) is 5.73 Å². The normalized spacial score (nSPS) is 19.3. The second-order valence-electron chi connectivity index (χ2n) is 3.91. The number of carboxylic acid groups (broad SMARTS) is 1. The maximum Gasteiger partial charge on any atom is 0.323 e. The number of aliphatic hydroxyl groups is 2. The summed E-state index contributed by atoms with van der Waals surface area (Å²) in [5, 5.41) is 26.5. The molecule has 0 aromatic carbocycles. The zero-order chi connectivity index (χ0) is 12.1. The molecule has 3 unspecified atom stereocenters. The number of hydrogen-bond acceptors (Lipinski definition) is 5. The zero-order valence-corrected chi connectivity index (χ0v) is 9.83. The van der Waals surface area contributed by atoms with Crippen LogP contribution in [0.15, 0.2) is 0 Å². The molecular weight excluding hydrogens is 218 g/mol. The second kappa shape index (κ2) is 6.32. The minimum atomic E-state index is -1.24. The van der Waals surface area contributed by atoms with Crippen LogP contribution < -0.4 is 5.73 Å². The fourth-order valence-corrected chi connectivity index (χ4v) is 2.19. The van der Waals surface area contributed by atoms with Crippen LogP contribution in [0.3, 0.4) is 0 Å². The summed E-state index contributed by atoms with van der Waals surface area (Å²) in [5.41, 5.74) is 4.34. The van der Waals surface area contributed by atoms with Crippen molar-refractivity contribution < 1.29 is 20.1 Å². The SMILES string of the molecule is CC(CC(C)(N)C(=O)O)SCC(O)CO. The summed E-state index contributed by atoms with van der Waals surface area (Å²) in [6, 6.07) is 0. The molecule has 0 aliphatic heterocycles. The number of rotatable bonds is 7. The Bertz CT molecular complexity index is 210. The molecule has 0 saturated carbocycles. The third kappa shape index (κ3) is 5.99. The van der Waals surface area contributed by atoms with Crippen LogP contribution in [0.25, 0.3) is 0 Å². The number of thioether (sulfide) groups is 1. The molecule has 0 radical (unpaired) electrons. The second-order valence-corrected chi connectivity index (χ2v) is 5.38. The largest absolute Gasteiger partial charge is 0.480 e. The Morgan fingerprint density at radius 3 is 2.53 bits per heavy atom. The third-order valence-electron chi connectivity index (χ3n) is 1.98. The summed E-state index contributed by atoms with van der Waals surface area (Å²) in [4.78, 5) is 10.7. The maximum absolute atomic E-state index is 10.7. The molecule has 5 N–H and O–H groups in total. The van der Waals surface area contributed by atoms with Crippen LogP contribution in [0.4, 0.5) is 0 Å². The lowest BCUT2D eigenvalue weighted by Gasteiger charge is -2.23. The van der Waals surface area contributed by atoms with Crippen LogP contribution in [-0.4, -0.2) is 50.5 Å². The van der Waals surface area contributed by atoms with E-state index in [1.807, 2.05) is 6.92 Å². The first-order valence-corrected chi connectivity index (χ1v) is 5.77. The molecule has 3 atom stereocenters. The van der Waals surface area contributed by atoms with E-state index in [-0.39, 0.29) is 11.9 Å². The van der Waals surface area contributed by atoms with Gasteiger partial charge in [-0.05, 0) is 13.3 Å². The van der Waals surface area contributed by atoms with Crippen LogP contribution in [0, 0.1) is 0 Å². The fraction of sp³-hybridized carbons (Fsp3) is 0.889. The Morgan fingerprint density at radius 2 is 2.13 bits per heavy atom. The highest BCUT2D eigenvalue weighted by atomic mass is 32.2. The minimum absolute atomic E-state index is 0.0253. The lowest BCUT2D eigenvalue weighted by molar-refractivity contribution is -0.142. The molecule has 0 amide bonds. The van der Waals surface area contributed by atoms with Gasteiger partial charge in [-0.1, -0.05) is 6.92 Å². The first-order valence-electron chi connectivity index (χ1n) is 4.72. The average Bonchev–Trinajstić information content (AvgIpc) is 2.13. The summed E-state index contributed by atoms with van der Waals surface area (Å²) < 4.78 is 0. The van der Waals surface area contributed by atoms with Gasteiger partial charge in [-0.3, -0.25) is 4.79 Å². The molecule has 0 rings (SSSR count). The van der Waals surface area contributed by atoms with Gasteiger partial charge in [0.15, 0.2) is 0 Å². The van der Waals surface area contributed by atoms with Crippen molar-refractivity contribution in [3.05, 3.63) is 0 Å². The average molecular weight is 237 g/mol. The molecule has 0 aromatic rings. The Morgan fingerprint density at radius 1 is 1.60 bits per heavy atom. The van der Waals surface area contributed by atoms with E-state index in [1.165, 1.54) is 18.7 Å². The molecule has 0 aliphatic carbocycles. The summed E-state index contributed by atoms with van der Waals surface area (Å²) in [6.45, 7) is 3.04. The molecule has 0 bridgehead atoms. The first kappa shape index (κ1) is 14.7. The van der Waals surface area contributed by atoms with E-state index in [4.69, 9.17) is 21.1 Å². The Labute approximate surface area is 93.7 Å². The van der Waals surface area contributed by atoms with Gasteiger partial charge in [-0.15, -0.1) is 0 Å². The van der Waals surface area contributed by atoms with Crippen molar-refractivity contribution in [3.8, 4) is 0 Å². The zero-order valence-electron chi connectivity index (χ0n) is 9.01. The molecule has 0 fully saturated rings. The molecule has 0 aromatic heterocycles. The van der Waals surface area contributed by atoms with Crippen LogP contribution in [0.2, 0.25) is 0 Å². The van der Waals surface area contributed by atoms with Crippen LogP contribution in [-0.2, 0) is 4.79 Å². The van der Waals surface area contributed by atoms with E-state index in [2.05, 4.69) is 0 Å². The molecule has 0 spiro atoms. The van der Waals surface area contributed by atoms with E-state index < -0.39 is 17.6 Å². The first-order chi connectivity index (χ1) is 6.79. The minimum Gasteiger partial charge on any atom is -0.480 e. The van der Waals surface area contributed by atoms with Crippen molar-refractivity contribution in [1.29, 1.82) is 0 Å². The van der Waals surface area contributed by atoms with Crippen LogP contribution >= 0.6 is 11.8 Å². The van der Waals surface area contributed by atoms with Gasteiger partial charge in [-0.2, -0.15) is 11.8 Å². The van der Waals surface area contributed by atoms with E-state index in [0.717, 1.165) is 0 Å². The molecule has 0 heterocycles. The molecule has 5 nitrogen and oxygen atoms in total. The third-order valence-corrected chi connectivity index (χ3v) is 3.30. The van der Waals surface area contributed by atoms with Crippen LogP contribution in [0.5, 0.6) is 0 Å². The molecule has 0 aliphatic rings. The summed E-state index contributed by atoms with van der Waals surface area (Å²) in [7, 11) is 0. The summed E-state index contributed by atoms with van der Waals surface area (Å²) in [5.74, 6) is -0.648. The van der Waals surface area contributed by atoms with Crippen molar-refractivity contribution in [1.82, 2.24) is 0 Å². The monoisotopic (exact) mass is 237 g/mol. The standard InChI is InChI=1S/C9H19NO4S/c1-6(15-5-7(12)4-11)3-9(2,10)8(13)14/h6-7,11-12H,3-5,10H2,1-2H3,(H,13,14). The Hall–Kier alpha value is -0.300. The van der Waals surface area contributed by atoms with Gasteiger partial charge in [0, 0.05) is 11.0 Å². The van der Waals surface area contributed by atoms with Crippen molar-refractivity contribution in [2.75, 3.05) is 12.4 Å². The lowest BCUT2D eigenvalue weighted by Crippen LogP contribution is -2.46. The number of aliphatic carboxylic acids is 1. The highest BCUT2D eigenvalue weighted by molar-refractivity contribution is 7.99. The molecular formula is C9H19NO4S. The topological polar surface area (TPSA) is 104 Å². The summed E-state index contributed by atoms with van der Waals surface area (Å²) in [6.07, 6.45) is -0.433. The van der Waals surface area contributed by atoms with Gasteiger partial charge in [0.2, 0.25) is 0 Å². The molecule has 15 heavy (non-hydrogen) atoms. The number of hydrogen-bond donors (Lipinski definition) is 4. The predicted octanol–water partition coefficient (Wildman–Crippen LogP) is -0.347. The fourth-order valence-electron chi connectivity index (χ4n) is 1.07. The maximum atomic E-state index is 10.7. The number of carboxylic acids is 1. The van der Waals surface area contributed by atoms with Crippen LogP contribution in [0.1, 0.15) is 20.3 Å². The van der Waals surface area contributed by atoms with Gasteiger partial charge in [0.05, 0.1) is 12.7 Å². The highest BCUT2D eigenvalue weighted by Gasteiger charge is 2.30. The summed E-state index contributed by atoms with van der Waals surface area (Å²) >= 11 is 1.40. The quantitative estimate of drug-likeness (QED) is 0.482. The highest BCUT2D eigenvalue weighted by Crippen LogP contribution is 2.21. The van der Waals surface area contributed by atoms with Crippen molar-refractivity contribution in [3.63, 3.8) is 0 Å². The lowest BCUT2D eigenvalue weighted by atomic mass is 9.98. The molecule has 0 saturated heterocycles. The van der Waals surface area contributed by atoms with Gasteiger partial charge in [-0.25, -0.2) is 0 Å². The van der Waals surface area contributed by atoms with Gasteiger partial charge >= 0.3 is 5.97 Å². The number of nitrogens with two attached hydrogens (primary N) is 1. The van der Waals surface area contributed by atoms with E-state index in [1.54, 1.807) is 0 Å². The van der Waals surface area contributed by atoms with Crippen molar-refractivity contribution in [2.45, 2.75) is 37.2 Å². The van der Waals surface area contributed by atoms with Gasteiger partial charge in [0.25, 0.3) is 0 Å². The predicted molar refractivity (Wildman–Crippen MR) is 59.9 cm³/mol. The Balaban J connectivity index is 3.93. The Kier molecular flexibility index (Phi) is 6.19. The van der Waals surface area contributed by atoms with Gasteiger partial charge < -0.3 is 21.1 Å². The number of aliphatic hydroxyl groups excluding tert-OH is 2. The molecule has 90 valence electrons. The molecule has 6 heteroatoms. The van der Waals surface area contributed by atoms with E-state index >= 15 is 0 Å². The smallest absolute Gasteiger partial charge is 0.323 e. The van der Waals surface area contributed by atoms with E-state index in [9.17, 15) is 4.79 Å².